The van der Waals surface area contributed by atoms with E-state index in [1.807, 2.05) is 0 Å². The molecule has 0 aliphatic carbocycles. The van der Waals surface area contributed by atoms with Gasteiger partial charge < -0.3 is 15.8 Å². The number of benzene rings is 1. The monoisotopic (exact) mass is 224 g/mol. The van der Waals surface area contributed by atoms with E-state index in [1.165, 1.54) is 12.1 Å². The molecule has 1 aromatic rings. The molecular formula is C12H17FN2O. The van der Waals surface area contributed by atoms with Gasteiger partial charge in [-0.15, -0.1) is 0 Å². The quantitative estimate of drug-likeness (QED) is 0.775. The predicted octanol–water partition coefficient (Wildman–Crippen LogP) is 2.39. The number of nitrogens with one attached hydrogen (secondary N) is 1. The van der Waals surface area contributed by atoms with Gasteiger partial charge in [-0.2, -0.15) is 0 Å². The summed E-state index contributed by atoms with van der Waals surface area (Å²) in [7, 11) is 0. The molecule has 3 nitrogen and oxygen atoms in total. The maximum Gasteiger partial charge on any atom is 0.127 e. The average Bonchev–Trinajstić information content (AvgIpc) is 2.62. The Hall–Kier alpha value is -1.29. The maximum atomic E-state index is 13.1. The Bertz CT molecular complexity index is 355. The number of hydrogen-bond donors (Lipinski definition) is 2. The van der Waals surface area contributed by atoms with Crippen molar-refractivity contribution in [2.45, 2.75) is 25.4 Å². The van der Waals surface area contributed by atoms with Crippen LogP contribution in [0, 0.1) is 5.82 Å². The Morgan fingerprint density at radius 2 is 2.31 bits per heavy atom. The number of ether oxygens (including phenoxy) is 1. The zero-order valence-electron chi connectivity index (χ0n) is 9.42. The van der Waals surface area contributed by atoms with Gasteiger partial charge in [0.05, 0.1) is 5.60 Å². The predicted molar refractivity (Wildman–Crippen MR) is 62.9 cm³/mol. The van der Waals surface area contributed by atoms with E-state index in [9.17, 15) is 4.39 Å². The molecule has 0 aromatic heterocycles. The molecule has 0 saturated carbocycles. The number of nitrogens with two attached hydrogens (primary N) is 1. The smallest absolute Gasteiger partial charge is 0.127 e. The summed E-state index contributed by atoms with van der Waals surface area (Å²) in [5.74, 6) is -0.319. The van der Waals surface area contributed by atoms with Crippen molar-refractivity contribution in [3.05, 3.63) is 24.0 Å². The van der Waals surface area contributed by atoms with Gasteiger partial charge >= 0.3 is 0 Å². The third-order valence-electron chi connectivity index (χ3n) is 2.89. The minimum absolute atomic E-state index is 0.138. The van der Waals surface area contributed by atoms with Crippen LogP contribution in [-0.2, 0) is 4.74 Å². The van der Waals surface area contributed by atoms with Crippen LogP contribution < -0.4 is 11.1 Å². The van der Waals surface area contributed by atoms with Crippen LogP contribution in [0.5, 0.6) is 0 Å². The highest BCUT2D eigenvalue weighted by Gasteiger charge is 2.29. The highest BCUT2D eigenvalue weighted by molar-refractivity contribution is 5.54. The minimum atomic E-state index is -0.319. The van der Waals surface area contributed by atoms with Crippen molar-refractivity contribution >= 4 is 11.4 Å². The molecule has 1 aliphatic heterocycles. The summed E-state index contributed by atoms with van der Waals surface area (Å²) in [5, 5.41) is 3.16. The van der Waals surface area contributed by atoms with Gasteiger partial charge in [-0.25, -0.2) is 4.39 Å². The SMILES string of the molecule is CC1(CNc2cc(N)cc(F)c2)CCCO1. The highest BCUT2D eigenvalue weighted by atomic mass is 19.1. The lowest BCUT2D eigenvalue weighted by Crippen LogP contribution is -2.32. The van der Waals surface area contributed by atoms with Crippen molar-refractivity contribution in [2.75, 3.05) is 24.2 Å². The second-order valence-corrected chi connectivity index (χ2v) is 4.53. The molecule has 0 spiro atoms. The Morgan fingerprint density at radius 1 is 1.50 bits per heavy atom. The molecule has 2 rings (SSSR count). The summed E-state index contributed by atoms with van der Waals surface area (Å²) in [4.78, 5) is 0. The van der Waals surface area contributed by atoms with Crippen LogP contribution >= 0.6 is 0 Å². The largest absolute Gasteiger partial charge is 0.399 e. The van der Waals surface area contributed by atoms with Gasteiger partial charge in [0.25, 0.3) is 0 Å². The van der Waals surface area contributed by atoms with E-state index >= 15 is 0 Å². The van der Waals surface area contributed by atoms with E-state index in [0.717, 1.165) is 19.4 Å². The molecule has 1 unspecified atom stereocenters. The van der Waals surface area contributed by atoms with Crippen LogP contribution in [0.15, 0.2) is 18.2 Å². The van der Waals surface area contributed by atoms with E-state index < -0.39 is 0 Å². The van der Waals surface area contributed by atoms with E-state index in [0.29, 0.717) is 17.9 Å². The van der Waals surface area contributed by atoms with Crippen molar-refractivity contribution < 1.29 is 9.13 Å². The lowest BCUT2D eigenvalue weighted by molar-refractivity contribution is 0.0315. The molecule has 1 saturated heterocycles. The van der Waals surface area contributed by atoms with Crippen molar-refractivity contribution in [1.82, 2.24) is 0 Å². The fraction of sp³-hybridized carbons (Fsp3) is 0.500. The molecule has 1 fully saturated rings. The van der Waals surface area contributed by atoms with Crippen LogP contribution in [0.2, 0.25) is 0 Å². The summed E-state index contributed by atoms with van der Waals surface area (Å²) < 4.78 is 18.7. The molecule has 3 N–H and O–H groups in total. The third-order valence-corrected chi connectivity index (χ3v) is 2.89. The summed E-state index contributed by atoms with van der Waals surface area (Å²) in [5.41, 5.74) is 6.56. The Kier molecular flexibility index (Phi) is 3.01. The molecule has 1 aliphatic rings. The summed E-state index contributed by atoms with van der Waals surface area (Å²) >= 11 is 0. The molecule has 0 amide bonds. The van der Waals surface area contributed by atoms with Crippen molar-refractivity contribution in [3.8, 4) is 0 Å². The molecule has 88 valence electrons. The van der Waals surface area contributed by atoms with Crippen LogP contribution in [0.4, 0.5) is 15.8 Å². The number of hydrogen-bond acceptors (Lipinski definition) is 3. The van der Waals surface area contributed by atoms with Crippen molar-refractivity contribution in [2.24, 2.45) is 0 Å². The van der Waals surface area contributed by atoms with E-state index in [1.54, 1.807) is 6.07 Å². The van der Waals surface area contributed by atoms with E-state index in [2.05, 4.69) is 12.2 Å². The van der Waals surface area contributed by atoms with Gasteiger partial charge in [0.15, 0.2) is 0 Å². The number of nitrogen functional groups attached to an aromatic ring is 1. The van der Waals surface area contributed by atoms with Gasteiger partial charge in [-0.1, -0.05) is 0 Å². The first-order valence-electron chi connectivity index (χ1n) is 5.51. The summed E-state index contributed by atoms with van der Waals surface area (Å²) in [6.45, 7) is 3.55. The Labute approximate surface area is 94.8 Å². The fourth-order valence-electron chi connectivity index (χ4n) is 1.98. The van der Waals surface area contributed by atoms with Crippen LogP contribution in [-0.4, -0.2) is 18.8 Å². The van der Waals surface area contributed by atoms with E-state index in [4.69, 9.17) is 10.5 Å². The molecule has 1 heterocycles. The fourth-order valence-corrected chi connectivity index (χ4v) is 1.98. The first-order valence-corrected chi connectivity index (χ1v) is 5.51. The molecule has 4 heteroatoms. The van der Waals surface area contributed by atoms with Gasteiger partial charge in [-0.3, -0.25) is 0 Å². The minimum Gasteiger partial charge on any atom is -0.399 e. The molecule has 1 aromatic carbocycles. The number of rotatable bonds is 3. The lowest BCUT2D eigenvalue weighted by atomic mass is 10.0. The van der Waals surface area contributed by atoms with Crippen LogP contribution in [0.3, 0.4) is 0 Å². The molecule has 16 heavy (non-hydrogen) atoms. The third kappa shape index (κ3) is 2.64. The van der Waals surface area contributed by atoms with Crippen molar-refractivity contribution in [1.29, 1.82) is 0 Å². The zero-order valence-corrected chi connectivity index (χ0v) is 9.42. The Balaban J connectivity index is 1.98. The zero-order chi connectivity index (χ0) is 11.6. The molecular weight excluding hydrogens is 207 g/mol. The maximum absolute atomic E-state index is 13.1. The second kappa shape index (κ2) is 4.29. The van der Waals surface area contributed by atoms with Gasteiger partial charge in [-0.05, 0) is 38.0 Å². The lowest BCUT2D eigenvalue weighted by Gasteiger charge is -2.24. The standard InChI is InChI=1S/C12H17FN2O/c1-12(3-2-4-16-12)8-15-11-6-9(13)5-10(14)7-11/h5-7,15H,2-4,8,14H2,1H3. The summed E-state index contributed by atoms with van der Waals surface area (Å²) in [6, 6.07) is 4.47. The highest BCUT2D eigenvalue weighted by Crippen LogP contribution is 2.26. The molecule has 0 bridgehead atoms. The molecule has 0 radical (unpaired) electrons. The first-order chi connectivity index (χ1) is 7.57. The normalized spacial score (nSPS) is 24.6. The Morgan fingerprint density at radius 3 is 2.94 bits per heavy atom. The van der Waals surface area contributed by atoms with E-state index in [-0.39, 0.29) is 11.4 Å². The van der Waals surface area contributed by atoms with Crippen molar-refractivity contribution in [3.63, 3.8) is 0 Å². The van der Waals surface area contributed by atoms with Crippen LogP contribution in [0.1, 0.15) is 19.8 Å². The van der Waals surface area contributed by atoms with Gasteiger partial charge in [0, 0.05) is 24.5 Å². The molecule has 1 atom stereocenters. The van der Waals surface area contributed by atoms with Gasteiger partial charge in [0.2, 0.25) is 0 Å². The average molecular weight is 224 g/mol. The number of halogens is 1. The first kappa shape index (κ1) is 11.2. The van der Waals surface area contributed by atoms with Crippen LogP contribution in [0.25, 0.3) is 0 Å². The summed E-state index contributed by atoms with van der Waals surface area (Å²) in [6.07, 6.45) is 2.12. The number of anilines is 2. The second-order valence-electron chi connectivity index (χ2n) is 4.53. The van der Waals surface area contributed by atoms with Gasteiger partial charge in [0.1, 0.15) is 5.82 Å². The topological polar surface area (TPSA) is 47.3 Å².